The summed E-state index contributed by atoms with van der Waals surface area (Å²) >= 11 is 6.00. The van der Waals surface area contributed by atoms with Crippen molar-refractivity contribution in [3.63, 3.8) is 0 Å². The molecule has 106 valence electrons. The summed E-state index contributed by atoms with van der Waals surface area (Å²) in [6, 6.07) is 7.09. The lowest BCUT2D eigenvalue weighted by Crippen LogP contribution is -2.10. The van der Waals surface area contributed by atoms with Gasteiger partial charge in [-0.3, -0.25) is 0 Å². The number of benzene rings is 1. The summed E-state index contributed by atoms with van der Waals surface area (Å²) in [7, 11) is 0. The molecule has 1 heterocycles. The number of halogens is 1. The van der Waals surface area contributed by atoms with Crippen molar-refractivity contribution in [2.45, 2.75) is 20.5 Å². The highest BCUT2D eigenvalue weighted by Crippen LogP contribution is 2.25. The normalized spacial score (nSPS) is 10.3. The molecule has 0 spiro atoms. The topological polar surface area (TPSA) is 61.6 Å². The minimum Gasteiger partial charge on any atom is -0.487 e. The van der Waals surface area contributed by atoms with Crippen LogP contribution in [-0.4, -0.2) is 17.7 Å². The lowest BCUT2D eigenvalue weighted by atomic mass is 10.2. The first-order valence-corrected chi connectivity index (χ1v) is 6.50. The van der Waals surface area contributed by atoms with E-state index in [1.807, 2.05) is 12.1 Å². The molecule has 0 N–H and O–H groups in total. The lowest BCUT2D eigenvalue weighted by molar-refractivity contribution is 0.0512. The molecule has 0 amide bonds. The zero-order valence-corrected chi connectivity index (χ0v) is 11.9. The van der Waals surface area contributed by atoms with Gasteiger partial charge in [-0.15, -0.1) is 0 Å². The van der Waals surface area contributed by atoms with E-state index in [1.165, 1.54) is 0 Å². The summed E-state index contributed by atoms with van der Waals surface area (Å²) in [5.74, 6) is 0.520. The number of hydrogen-bond donors (Lipinski definition) is 0. The van der Waals surface area contributed by atoms with Crippen LogP contribution in [0.2, 0.25) is 5.02 Å². The van der Waals surface area contributed by atoms with Gasteiger partial charge in [0.05, 0.1) is 17.2 Å². The molecule has 0 fully saturated rings. The second kappa shape index (κ2) is 6.43. The quantitative estimate of drug-likeness (QED) is 0.791. The van der Waals surface area contributed by atoms with Crippen LogP contribution in [0.4, 0.5) is 0 Å². The van der Waals surface area contributed by atoms with E-state index in [2.05, 4.69) is 5.16 Å². The second-order valence-corrected chi connectivity index (χ2v) is 4.41. The van der Waals surface area contributed by atoms with Crippen molar-refractivity contribution in [1.82, 2.24) is 5.16 Å². The smallest absolute Gasteiger partial charge is 0.360 e. The number of hydrogen-bond acceptors (Lipinski definition) is 5. The third-order valence-corrected chi connectivity index (χ3v) is 2.97. The number of carbonyl (C=O) groups is 1. The molecule has 1 aromatic carbocycles. The number of aryl methyl sites for hydroxylation is 1. The molecule has 0 unspecified atom stereocenters. The Balaban J connectivity index is 2.15. The molecule has 0 saturated heterocycles. The monoisotopic (exact) mass is 295 g/mol. The highest BCUT2D eigenvalue weighted by molar-refractivity contribution is 6.32. The number of esters is 1. The molecule has 0 radical (unpaired) electrons. The molecular weight excluding hydrogens is 282 g/mol. The first kappa shape index (κ1) is 14.4. The maximum atomic E-state index is 11.7. The maximum Gasteiger partial charge on any atom is 0.360 e. The summed E-state index contributed by atoms with van der Waals surface area (Å²) in [6.07, 6.45) is 0. The van der Waals surface area contributed by atoms with E-state index in [-0.39, 0.29) is 18.9 Å². The van der Waals surface area contributed by atoms with Crippen molar-refractivity contribution in [1.29, 1.82) is 0 Å². The fourth-order valence-corrected chi connectivity index (χ4v) is 1.82. The van der Waals surface area contributed by atoms with Gasteiger partial charge in [0.1, 0.15) is 18.1 Å². The van der Waals surface area contributed by atoms with Gasteiger partial charge in [0.15, 0.2) is 5.69 Å². The average molecular weight is 296 g/mol. The van der Waals surface area contributed by atoms with Crippen LogP contribution in [-0.2, 0) is 11.3 Å². The van der Waals surface area contributed by atoms with Crippen LogP contribution < -0.4 is 4.74 Å². The molecule has 0 aliphatic rings. The number of para-hydroxylation sites is 1. The zero-order chi connectivity index (χ0) is 14.5. The average Bonchev–Trinajstić information content (AvgIpc) is 2.79. The summed E-state index contributed by atoms with van der Waals surface area (Å²) in [6.45, 7) is 3.84. The summed E-state index contributed by atoms with van der Waals surface area (Å²) in [4.78, 5) is 11.7. The van der Waals surface area contributed by atoms with Crippen LogP contribution in [0.1, 0.15) is 28.7 Å². The van der Waals surface area contributed by atoms with Crippen LogP contribution in [0.3, 0.4) is 0 Å². The minimum atomic E-state index is -0.526. The summed E-state index contributed by atoms with van der Waals surface area (Å²) in [5, 5.41) is 4.21. The molecule has 0 atom stereocenters. The third kappa shape index (κ3) is 3.11. The SMILES string of the molecule is CCOC(=O)c1noc(C)c1COc1ccccc1Cl. The van der Waals surface area contributed by atoms with Crippen LogP contribution in [0.25, 0.3) is 0 Å². The van der Waals surface area contributed by atoms with Gasteiger partial charge in [-0.2, -0.15) is 0 Å². The van der Waals surface area contributed by atoms with Crippen molar-refractivity contribution in [3.05, 3.63) is 46.3 Å². The highest BCUT2D eigenvalue weighted by atomic mass is 35.5. The first-order valence-electron chi connectivity index (χ1n) is 6.13. The van der Waals surface area contributed by atoms with Crippen LogP contribution in [0.5, 0.6) is 5.75 Å². The van der Waals surface area contributed by atoms with Gasteiger partial charge in [-0.25, -0.2) is 4.79 Å². The van der Waals surface area contributed by atoms with Crippen LogP contribution in [0, 0.1) is 6.92 Å². The largest absolute Gasteiger partial charge is 0.487 e. The van der Waals surface area contributed by atoms with Gasteiger partial charge < -0.3 is 14.0 Å². The Morgan fingerprint density at radius 1 is 1.40 bits per heavy atom. The number of carbonyl (C=O) groups excluding carboxylic acids is 1. The molecule has 0 aliphatic heterocycles. The van der Waals surface area contributed by atoms with Crippen molar-refractivity contribution >= 4 is 17.6 Å². The maximum absolute atomic E-state index is 11.7. The van der Waals surface area contributed by atoms with Crippen molar-refractivity contribution in [2.75, 3.05) is 6.61 Å². The molecule has 5 nitrogen and oxygen atoms in total. The van der Waals surface area contributed by atoms with E-state index >= 15 is 0 Å². The van der Waals surface area contributed by atoms with Crippen LogP contribution >= 0.6 is 11.6 Å². The molecule has 2 aromatic rings. The molecule has 2 rings (SSSR count). The molecular formula is C14H14ClNO4. The van der Waals surface area contributed by atoms with E-state index in [1.54, 1.807) is 26.0 Å². The Morgan fingerprint density at radius 2 is 2.15 bits per heavy atom. The van der Waals surface area contributed by atoms with E-state index in [9.17, 15) is 4.79 Å². The van der Waals surface area contributed by atoms with Gasteiger partial charge in [-0.1, -0.05) is 28.9 Å². The van der Waals surface area contributed by atoms with E-state index in [4.69, 9.17) is 25.6 Å². The number of nitrogens with zero attached hydrogens (tertiary/aromatic N) is 1. The summed E-state index contributed by atoms with van der Waals surface area (Å²) in [5.41, 5.74) is 0.694. The van der Waals surface area contributed by atoms with E-state index < -0.39 is 5.97 Å². The second-order valence-electron chi connectivity index (χ2n) is 4.01. The van der Waals surface area contributed by atoms with Gasteiger partial charge in [0.25, 0.3) is 0 Å². The van der Waals surface area contributed by atoms with E-state index in [0.717, 1.165) is 0 Å². The first-order chi connectivity index (χ1) is 9.63. The fraction of sp³-hybridized carbons (Fsp3) is 0.286. The van der Waals surface area contributed by atoms with Gasteiger partial charge in [-0.05, 0) is 26.0 Å². The predicted octanol–water partition coefficient (Wildman–Crippen LogP) is 3.39. The van der Waals surface area contributed by atoms with Crippen molar-refractivity contribution < 1.29 is 18.8 Å². The number of ether oxygens (including phenoxy) is 2. The minimum absolute atomic E-state index is 0.132. The molecule has 20 heavy (non-hydrogen) atoms. The lowest BCUT2D eigenvalue weighted by Gasteiger charge is -2.07. The standard InChI is InChI=1S/C14H14ClNO4/c1-3-18-14(17)13-10(9(2)20-16-13)8-19-12-7-5-4-6-11(12)15/h4-7H,3,8H2,1-2H3. The van der Waals surface area contributed by atoms with Gasteiger partial charge >= 0.3 is 5.97 Å². The Kier molecular flexibility index (Phi) is 4.63. The third-order valence-electron chi connectivity index (χ3n) is 2.66. The number of rotatable bonds is 5. The Labute approximate surface area is 121 Å². The van der Waals surface area contributed by atoms with E-state index in [0.29, 0.717) is 22.1 Å². The molecule has 1 aromatic heterocycles. The Hall–Kier alpha value is -2.01. The molecule has 0 aliphatic carbocycles. The Bertz CT molecular complexity index is 609. The molecule has 0 saturated carbocycles. The fourth-order valence-electron chi connectivity index (χ4n) is 1.63. The molecule has 6 heteroatoms. The zero-order valence-electron chi connectivity index (χ0n) is 11.2. The van der Waals surface area contributed by atoms with Gasteiger partial charge in [0, 0.05) is 0 Å². The number of aromatic nitrogens is 1. The van der Waals surface area contributed by atoms with Crippen LogP contribution in [0.15, 0.2) is 28.8 Å². The van der Waals surface area contributed by atoms with Crippen molar-refractivity contribution in [3.8, 4) is 5.75 Å². The predicted molar refractivity (Wildman–Crippen MR) is 73.0 cm³/mol. The Morgan fingerprint density at radius 3 is 2.85 bits per heavy atom. The molecule has 0 bridgehead atoms. The highest BCUT2D eigenvalue weighted by Gasteiger charge is 2.21. The summed E-state index contributed by atoms with van der Waals surface area (Å²) < 4.78 is 15.5. The van der Waals surface area contributed by atoms with Crippen molar-refractivity contribution in [2.24, 2.45) is 0 Å². The van der Waals surface area contributed by atoms with Gasteiger partial charge in [0.2, 0.25) is 0 Å².